The number of hydrogen-bond donors (Lipinski definition) is 0. The average Bonchev–Trinajstić information content (AvgIpc) is 2.95. The summed E-state index contributed by atoms with van der Waals surface area (Å²) in [5, 5.41) is 3.36. The summed E-state index contributed by atoms with van der Waals surface area (Å²) in [6.45, 7) is 4.61. The Morgan fingerprint density at radius 3 is 3.06 bits per heavy atom. The molecule has 0 radical (unpaired) electrons. The first-order valence-corrected chi connectivity index (χ1v) is 7.67. The molecule has 1 fully saturated rings. The van der Waals surface area contributed by atoms with Crippen molar-refractivity contribution in [3.05, 3.63) is 16.1 Å². The van der Waals surface area contributed by atoms with E-state index >= 15 is 0 Å². The largest absolute Gasteiger partial charge is 0.466 e. The molecule has 1 aromatic heterocycles. The van der Waals surface area contributed by atoms with Crippen LogP contribution in [0.25, 0.3) is 0 Å². The number of thiazole rings is 1. The van der Waals surface area contributed by atoms with E-state index in [1.807, 2.05) is 6.92 Å². The normalized spacial score (nSPS) is 23.2. The van der Waals surface area contributed by atoms with E-state index in [9.17, 15) is 4.79 Å². The summed E-state index contributed by atoms with van der Waals surface area (Å²) in [5.74, 6) is 1.37. The van der Waals surface area contributed by atoms with Gasteiger partial charge >= 0.3 is 5.97 Å². The molecule has 2 rings (SSSR count). The summed E-state index contributed by atoms with van der Waals surface area (Å²) in [5.41, 5.74) is 1.04. The van der Waals surface area contributed by atoms with Crippen LogP contribution in [-0.4, -0.2) is 17.6 Å². The summed E-state index contributed by atoms with van der Waals surface area (Å²) >= 11 is 1.75. The number of ether oxygens (including phenoxy) is 1. The first kappa shape index (κ1) is 13.5. The Kier molecular flexibility index (Phi) is 4.75. The van der Waals surface area contributed by atoms with Crippen molar-refractivity contribution in [3.63, 3.8) is 0 Å². The van der Waals surface area contributed by atoms with Gasteiger partial charge in [-0.05, 0) is 25.7 Å². The van der Waals surface area contributed by atoms with E-state index in [2.05, 4.69) is 17.3 Å². The molecule has 0 aromatic carbocycles. The fourth-order valence-electron chi connectivity index (χ4n) is 2.52. The number of carbonyl (C=O) groups is 1. The summed E-state index contributed by atoms with van der Waals surface area (Å²) in [6, 6.07) is 0. The second kappa shape index (κ2) is 6.32. The third-order valence-electron chi connectivity index (χ3n) is 3.50. The smallest absolute Gasteiger partial charge is 0.306 e. The van der Waals surface area contributed by atoms with E-state index in [4.69, 9.17) is 4.74 Å². The second-order valence-electron chi connectivity index (χ2n) is 5.10. The highest BCUT2D eigenvalue weighted by atomic mass is 32.1. The molecule has 0 bridgehead atoms. The molecule has 0 spiro atoms. The van der Waals surface area contributed by atoms with Crippen molar-refractivity contribution < 1.29 is 9.53 Å². The van der Waals surface area contributed by atoms with Gasteiger partial charge in [-0.25, -0.2) is 4.98 Å². The number of aryl methyl sites for hydroxylation is 1. The molecule has 100 valence electrons. The topological polar surface area (TPSA) is 39.2 Å². The second-order valence-corrected chi connectivity index (χ2v) is 5.99. The van der Waals surface area contributed by atoms with Gasteiger partial charge in [0.15, 0.2) is 0 Å². The van der Waals surface area contributed by atoms with Crippen LogP contribution in [-0.2, 0) is 16.0 Å². The predicted molar refractivity (Wildman–Crippen MR) is 72.8 cm³/mol. The molecule has 1 aromatic rings. The zero-order valence-corrected chi connectivity index (χ0v) is 12.0. The van der Waals surface area contributed by atoms with Gasteiger partial charge < -0.3 is 4.74 Å². The Morgan fingerprint density at radius 1 is 1.56 bits per heavy atom. The third kappa shape index (κ3) is 3.55. The van der Waals surface area contributed by atoms with Crippen molar-refractivity contribution in [2.75, 3.05) is 6.61 Å². The van der Waals surface area contributed by atoms with Gasteiger partial charge in [-0.3, -0.25) is 4.79 Å². The Bertz CT molecular complexity index is 402. The molecule has 2 unspecified atom stereocenters. The lowest BCUT2D eigenvalue weighted by Crippen LogP contribution is -2.05. The van der Waals surface area contributed by atoms with Crippen molar-refractivity contribution >= 4 is 17.3 Å². The Labute approximate surface area is 113 Å². The summed E-state index contributed by atoms with van der Waals surface area (Å²) < 4.78 is 4.92. The molecule has 1 saturated carbocycles. The van der Waals surface area contributed by atoms with Gasteiger partial charge in [-0.1, -0.05) is 13.3 Å². The SMILES string of the molecule is CCOC(=O)CCc1csc(C2CCC(C)C2)n1. The van der Waals surface area contributed by atoms with Gasteiger partial charge in [0.25, 0.3) is 0 Å². The minimum atomic E-state index is -0.124. The minimum Gasteiger partial charge on any atom is -0.466 e. The van der Waals surface area contributed by atoms with E-state index in [0.717, 1.165) is 11.6 Å². The van der Waals surface area contributed by atoms with E-state index in [1.165, 1.54) is 24.3 Å². The highest BCUT2D eigenvalue weighted by Crippen LogP contribution is 2.39. The van der Waals surface area contributed by atoms with Gasteiger partial charge in [-0.2, -0.15) is 0 Å². The van der Waals surface area contributed by atoms with Crippen LogP contribution in [0.15, 0.2) is 5.38 Å². The van der Waals surface area contributed by atoms with Crippen LogP contribution in [0.4, 0.5) is 0 Å². The Morgan fingerprint density at radius 2 is 2.39 bits per heavy atom. The Hall–Kier alpha value is -0.900. The number of carbonyl (C=O) groups excluding carboxylic acids is 1. The monoisotopic (exact) mass is 267 g/mol. The maximum atomic E-state index is 11.3. The third-order valence-corrected chi connectivity index (χ3v) is 4.56. The van der Waals surface area contributed by atoms with E-state index in [-0.39, 0.29) is 5.97 Å². The molecule has 0 saturated heterocycles. The van der Waals surface area contributed by atoms with E-state index in [1.54, 1.807) is 11.3 Å². The summed E-state index contributed by atoms with van der Waals surface area (Å²) in [6.07, 6.45) is 5.01. The number of aromatic nitrogens is 1. The predicted octanol–water partition coefficient (Wildman–Crippen LogP) is 3.54. The summed E-state index contributed by atoms with van der Waals surface area (Å²) in [4.78, 5) is 15.9. The van der Waals surface area contributed by atoms with Crippen LogP contribution in [0.5, 0.6) is 0 Å². The van der Waals surface area contributed by atoms with Crippen LogP contribution in [0, 0.1) is 5.92 Å². The van der Waals surface area contributed by atoms with Gasteiger partial charge in [-0.15, -0.1) is 11.3 Å². The van der Waals surface area contributed by atoms with Crippen molar-refractivity contribution in [3.8, 4) is 0 Å². The molecule has 4 heteroatoms. The number of rotatable bonds is 5. The number of esters is 1. The Balaban J connectivity index is 1.84. The molecule has 18 heavy (non-hydrogen) atoms. The van der Waals surface area contributed by atoms with Crippen LogP contribution in [0.3, 0.4) is 0 Å². The molecule has 0 aliphatic heterocycles. The van der Waals surface area contributed by atoms with E-state index in [0.29, 0.717) is 25.4 Å². The summed E-state index contributed by atoms with van der Waals surface area (Å²) in [7, 11) is 0. The van der Waals surface area contributed by atoms with Crippen LogP contribution < -0.4 is 0 Å². The fraction of sp³-hybridized carbons (Fsp3) is 0.714. The quantitative estimate of drug-likeness (QED) is 0.766. The average molecular weight is 267 g/mol. The lowest BCUT2D eigenvalue weighted by atomic mass is 10.1. The standard InChI is InChI=1S/C14H21NO2S/c1-3-17-13(16)7-6-12-9-18-14(15-12)11-5-4-10(2)8-11/h9-11H,3-8H2,1-2H3. The minimum absolute atomic E-state index is 0.124. The maximum Gasteiger partial charge on any atom is 0.306 e. The van der Waals surface area contributed by atoms with Crippen molar-refractivity contribution in [2.24, 2.45) is 5.92 Å². The molecular weight excluding hydrogens is 246 g/mol. The first-order valence-electron chi connectivity index (χ1n) is 6.79. The molecule has 3 nitrogen and oxygen atoms in total. The molecule has 1 aliphatic carbocycles. The van der Waals surface area contributed by atoms with Crippen LogP contribution >= 0.6 is 11.3 Å². The van der Waals surface area contributed by atoms with Gasteiger partial charge in [0.2, 0.25) is 0 Å². The van der Waals surface area contributed by atoms with Crippen molar-refractivity contribution in [2.45, 2.75) is 51.9 Å². The van der Waals surface area contributed by atoms with E-state index < -0.39 is 0 Å². The molecule has 0 N–H and O–H groups in total. The molecule has 2 atom stereocenters. The molecule has 1 aliphatic rings. The molecule has 1 heterocycles. The lowest BCUT2D eigenvalue weighted by molar-refractivity contribution is -0.143. The van der Waals surface area contributed by atoms with Gasteiger partial charge in [0.1, 0.15) is 0 Å². The van der Waals surface area contributed by atoms with Crippen molar-refractivity contribution in [1.82, 2.24) is 4.98 Å². The van der Waals surface area contributed by atoms with Gasteiger partial charge in [0.05, 0.1) is 23.7 Å². The zero-order chi connectivity index (χ0) is 13.0. The number of nitrogens with zero attached hydrogens (tertiary/aromatic N) is 1. The highest BCUT2D eigenvalue weighted by molar-refractivity contribution is 7.09. The molecule has 0 amide bonds. The maximum absolute atomic E-state index is 11.3. The fourth-order valence-corrected chi connectivity index (χ4v) is 3.52. The van der Waals surface area contributed by atoms with Crippen LogP contribution in [0.1, 0.15) is 56.2 Å². The van der Waals surface area contributed by atoms with Crippen LogP contribution in [0.2, 0.25) is 0 Å². The highest BCUT2D eigenvalue weighted by Gasteiger charge is 2.25. The van der Waals surface area contributed by atoms with Gasteiger partial charge in [0, 0.05) is 17.7 Å². The zero-order valence-electron chi connectivity index (χ0n) is 11.1. The number of hydrogen-bond acceptors (Lipinski definition) is 4. The lowest BCUT2D eigenvalue weighted by Gasteiger charge is -2.04. The first-order chi connectivity index (χ1) is 8.69. The molecular formula is C14H21NO2S. The van der Waals surface area contributed by atoms with Crippen molar-refractivity contribution in [1.29, 1.82) is 0 Å².